The number of benzene rings is 9. The van der Waals surface area contributed by atoms with Gasteiger partial charge in [-0.05, 0) is 81.6 Å². The summed E-state index contributed by atoms with van der Waals surface area (Å²) in [4.78, 5) is 15.0. The van der Waals surface area contributed by atoms with Crippen molar-refractivity contribution in [3.63, 3.8) is 0 Å². The van der Waals surface area contributed by atoms with E-state index in [0.29, 0.717) is 22.3 Å². The first-order valence-corrected chi connectivity index (χ1v) is 19.8. The number of rotatable bonds is 6. The van der Waals surface area contributed by atoms with Crippen molar-refractivity contribution < 1.29 is 11.3 Å². The SMILES string of the molecule is [2H]c1c([2H])c([2H])c(-c2nc(-c3ccc4ccccc4c3)nc(-c3cc(-n4c5ccccc5c5ccccc54)cc4c3oc3ccc(-c5cccc(-c6ccccc6)c5)cc34)n2)c([2H])c1[2H]. The molecule has 12 aromatic rings. The summed E-state index contributed by atoms with van der Waals surface area (Å²) in [6.07, 6.45) is 0. The quantitative estimate of drug-likeness (QED) is 0.169. The molecule has 0 bridgehead atoms. The molecule has 0 aliphatic rings. The van der Waals surface area contributed by atoms with Gasteiger partial charge in [-0.2, -0.15) is 0 Å². The first-order chi connectivity index (χ1) is 31.8. The van der Waals surface area contributed by atoms with E-state index in [2.05, 4.69) is 83.4 Å². The summed E-state index contributed by atoms with van der Waals surface area (Å²) in [5.41, 5.74) is 9.46. The van der Waals surface area contributed by atoms with Crippen molar-refractivity contribution in [2.24, 2.45) is 0 Å². The van der Waals surface area contributed by atoms with Crippen LogP contribution in [-0.4, -0.2) is 19.5 Å². The summed E-state index contributed by atoms with van der Waals surface area (Å²) in [5, 5.41) is 5.92. The van der Waals surface area contributed by atoms with Crippen LogP contribution in [0.1, 0.15) is 6.85 Å². The monoisotopic (exact) mass is 771 g/mol. The second-order valence-electron chi connectivity index (χ2n) is 14.9. The Hall–Kier alpha value is -8.15. The maximum atomic E-state index is 8.98. The molecular formula is C55H34N4O. The van der Waals surface area contributed by atoms with Gasteiger partial charge in [-0.25, -0.2) is 15.0 Å². The largest absolute Gasteiger partial charge is 0.455 e. The van der Waals surface area contributed by atoms with Crippen molar-refractivity contribution in [1.82, 2.24) is 19.5 Å². The van der Waals surface area contributed by atoms with Crippen LogP contribution in [0.2, 0.25) is 0 Å². The van der Waals surface area contributed by atoms with E-state index in [4.69, 9.17) is 26.2 Å². The van der Waals surface area contributed by atoms with Crippen LogP contribution in [0.15, 0.2) is 211 Å². The number of nitrogens with zero attached hydrogens (tertiary/aromatic N) is 4. The lowest BCUT2D eigenvalue weighted by Gasteiger charge is -2.13. The molecule has 280 valence electrons. The summed E-state index contributed by atoms with van der Waals surface area (Å²) < 4.78 is 52.5. The van der Waals surface area contributed by atoms with Crippen LogP contribution in [0.4, 0.5) is 0 Å². The summed E-state index contributed by atoms with van der Waals surface area (Å²) in [6.45, 7) is 0. The predicted octanol–water partition coefficient (Wildman–Crippen LogP) is 14.4. The van der Waals surface area contributed by atoms with Gasteiger partial charge in [0.05, 0.1) is 23.5 Å². The number of hydrogen-bond acceptors (Lipinski definition) is 4. The zero-order valence-corrected chi connectivity index (χ0v) is 31.9. The van der Waals surface area contributed by atoms with Gasteiger partial charge in [0, 0.05) is 38.4 Å². The highest BCUT2D eigenvalue weighted by Gasteiger charge is 2.22. The van der Waals surface area contributed by atoms with E-state index in [1.54, 1.807) is 0 Å². The second kappa shape index (κ2) is 13.8. The predicted molar refractivity (Wildman–Crippen MR) is 246 cm³/mol. The van der Waals surface area contributed by atoms with E-state index < -0.39 is 30.2 Å². The number of fused-ring (bicyclic) bond motifs is 7. The number of para-hydroxylation sites is 2. The van der Waals surface area contributed by atoms with Gasteiger partial charge in [0.25, 0.3) is 0 Å². The van der Waals surface area contributed by atoms with Crippen LogP contribution in [0.3, 0.4) is 0 Å². The Balaban J connectivity index is 1.16. The van der Waals surface area contributed by atoms with Crippen LogP contribution < -0.4 is 0 Å². The van der Waals surface area contributed by atoms with Crippen molar-refractivity contribution in [2.45, 2.75) is 0 Å². The molecule has 9 aromatic carbocycles. The first kappa shape index (κ1) is 29.1. The Morgan fingerprint density at radius 2 is 1.02 bits per heavy atom. The summed E-state index contributed by atoms with van der Waals surface area (Å²) in [6, 6.07) is 57.5. The molecular weight excluding hydrogens is 733 g/mol. The third kappa shape index (κ3) is 5.67. The molecule has 0 atom stereocenters. The van der Waals surface area contributed by atoms with Crippen molar-refractivity contribution in [3.05, 3.63) is 206 Å². The average molecular weight is 772 g/mol. The Labute approximate surface area is 352 Å². The highest BCUT2D eigenvalue weighted by Crippen LogP contribution is 2.42. The van der Waals surface area contributed by atoms with E-state index in [0.717, 1.165) is 71.3 Å². The van der Waals surface area contributed by atoms with E-state index in [1.807, 2.05) is 97.1 Å². The Bertz CT molecular complexity index is 3840. The third-order valence-corrected chi connectivity index (χ3v) is 11.3. The molecule has 0 unspecified atom stereocenters. The summed E-state index contributed by atoms with van der Waals surface area (Å²) >= 11 is 0. The molecule has 0 saturated carbocycles. The maximum Gasteiger partial charge on any atom is 0.167 e. The number of aromatic nitrogens is 4. The van der Waals surface area contributed by atoms with Gasteiger partial charge in [0.15, 0.2) is 17.5 Å². The highest BCUT2D eigenvalue weighted by atomic mass is 16.3. The van der Waals surface area contributed by atoms with E-state index in [1.165, 1.54) is 0 Å². The van der Waals surface area contributed by atoms with E-state index in [9.17, 15) is 0 Å². The van der Waals surface area contributed by atoms with Crippen LogP contribution in [0, 0.1) is 0 Å². The van der Waals surface area contributed by atoms with Gasteiger partial charge in [0.2, 0.25) is 0 Å². The highest BCUT2D eigenvalue weighted by molar-refractivity contribution is 6.13. The molecule has 3 heterocycles. The fourth-order valence-corrected chi connectivity index (χ4v) is 8.47. The smallest absolute Gasteiger partial charge is 0.167 e. The average Bonchev–Trinajstić information content (AvgIpc) is 3.90. The fourth-order valence-electron chi connectivity index (χ4n) is 8.47. The van der Waals surface area contributed by atoms with Gasteiger partial charge in [0.1, 0.15) is 11.2 Å². The van der Waals surface area contributed by atoms with Gasteiger partial charge in [-0.3, -0.25) is 0 Å². The molecule has 3 aromatic heterocycles. The van der Waals surface area contributed by atoms with Crippen molar-refractivity contribution in [1.29, 1.82) is 0 Å². The Morgan fingerprint density at radius 3 is 1.80 bits per heavy atom. The summed E-state index contributed by atoms with van der Waals surface area (Å²) in [7, 11) is 0. The van der Waals surface area contributed by atoms with Crippen LogP contribution in [0.5, 0.6) is 0 Å². The normalized spacial score (nSPS) is 12.8. The van der Waals surface area contributed by atoms with Gasteiger partial charge in [-0.1, -0.05) is 158 Å². The maximum absolute atomic E-state index is 8.98. The number of furan rings is 1. The minimum Gasteiger partial charge on any atom is -0.455 e. The molecule has 0 fully saturated rings. The zero-order valence-electron chi connectivity index (χ0n) is 36.9. The third-order valence-electron chi connectivity index (χ3n) is 11.3. The first-order valence-electron chi connectivity index (χ1n) is 22.3. The van der Waals surface area contributed by atoms with Crippen LogP contribution in [-0.2, 0) is 0 Å². The van der Waals surface area contributed by atoms with Crippen molar-refractivity contribution in [2.75, 3.05) is 0 Å². The minimum absolute atomic E-state index is 0.0535. The molecule has 12 rings (SSSR count). The van der Waals surface area contributed by atoms with E-state index >= 15 is 0 Å². The molecule has 0 radical (unpaired) electrons. The standard InChI is InChI=1S/C55H34N4O/c1-3-14-35(15-4-1)39-20-13-21-40(30-39)41-28-29-51-46(32-41)47-33-43(59-49-24-11-9-22-44(49)45-23-10-12-25-50(45)59)34-48(52(47)60-51)55-57-53(37-17-5-2-6-18-37)56-54(58-55)42-27-26-36-16-7-8-19-38(36)31-42/h1-34H/i2D,5D,6D,17D,18D. The number of hydrogen-bond donors (Lipinski definition) is 0. The van der Waals surface area contributed by atoms with Crippen LogP contribution in [0.25, 0.3) is 117 Å². The van der Waals surface area contributed by atoms with Crippen molar-refractivity contribution >= 4 is 54.5 Å². The van der Waals surface area contributed by atoms with Gasteiger partial charge in [-0.15, -0.1) is 0 Å². The Morgan fingerprint density at radius 1 is 0.400 bits per heavy atom. The molecule has 5 heteroatoms. The van der Waals surface area contributed by atoms with Gasteiger partial charge >= 0.3 is 0 Å². The topological polar surface area (TPSA) is 56.7 Å². The summed E-state index contributed by atoms with van der Waals surface area (Å²) in [5.74, 6) is 0.435. The second-order valence-corrected chi connectivity index (χ2v) is 14.9. The minimum atomic E-state index is -0.498. The molecule has 0 amide bonds. The molecule has 0 N–H and O–H groups in total. The molecule has 60 heavy (non-hydrogen) atoms. The lowest BCUT2D eigenvalue weighted by Crippen LogP contribution is -2.01. The molecule has 0 saturated heterocycles. The van der Waals surface area contributed by atoms with Gasteiger partial charge < -0.3 is 8.98 Å². The lowest BCUT2D eigenvalue weighted by atomic mass is 9.97. The molecule has 0 aliphatic heterocycles. The molecule has 0 aliphatic carbocycles. The van der Waals surface area contributed by atoms with E-state index in [-0.39, 0.29) is 23.0 Å². The fraction of sp³-hybridized carbons (Fsp3) is 0. The molecule has 0 spiro atoms. The molecule has 5 nitrogen and oxygen atoms in total. The van der Waals surface area contributed by atoms with Crippen LogP contribution >= 0.6 is 0 Å². The van der Waals surface area contributed by atoms with Crippen molar-refractivity contribution in [3.8, 4) is 62.1 Å². The lowest BCUT2D eigenvalue weighted by molar-refractivity contribution is 0.669. The Kier molecular flexibility index (Phi) is 6.68. The zero-order chi connectivity index (χ0) is 43.9.